The molecule has 94 valence electrons. The Kier molecular flexibility index (Phi) is 5.22. The smallest absolute Gasteiger partial charge is 0.221 e. The molecule has 16 heavy (non-hydrogen) atoms. The molecule has 1 heterocycles. The molecule has 0 aromatic rings. The van der Waals surface area contributed by atoms with Gasteiger partial charge in [0.05, 0.1) is 0 Å². The van der Waals surface area contributed by atoms with Crippen LogP contribution in [0.15, 0.2) is 0 Å². The Labute approximate surface area is 98.8 Å². The van der Waals surface area contributed by atoms with Crippen molar-refractivity contribution in [1.29, 1.82) is 0 Å². The lowest BCUT2D eigenvalue weighted by Crippen LogP contribution is -2.51. The monoisotopic (exact) mass is 227 g/mol. The molecule has 0 radical (unpaired) electrons. The Bertz CT molecular complexity index is 232. The number of nitrogens with one attached hydrogen (secondary N) is 2. The third kappa shape index (κ3) is 3.76. The van der Waals surface area contributed by atoms with Crippen LogP contribution in [0.4, 0.5) is 0 Å². The fourth-order valence-corrected chi connectivity index (χ4v) is 2.32. The average molecular weight is 227 g/mol. The maximum absolute atomic E-state index is 11.1. The van der Waals surface area contributed by atoms with Crippen LogP contribution in [0.25, 0.3) is 0 Å². The van der Waals surface area contributed by atoms with Gasteiger partial charge in [-0.25, -0.2) is 0 Å². The van der Waals surface area contributed by atoms with Crippen LogP contribution in [0.1, 0.15) is 26.7 Å². The van der Waals surface area contributed by atoms with Gasteiger partial charge in [-0.1, -0.05) is 6.92 Å². The van der Waals surface area contributed by atoms with E-state index in [0.717, 1.165) is 13.1 Å². The number of amides is 1. The normalized spacial score (nSPS) is 31.4. The standard InChI is InChI=1S/C12H25N3O/c1-9-8-15(4)10(2)7-11(9)14-6-5-12(16)13-3/h9-11,14H,5-8H2,1-4H3,(H,13,16). The first-order valence-electron chi connectivity index (χ1n) is 6.18. The van der Waals surface area contributed by atoms with Crippen LogP contribution in [-0.4, -0.2) is 50.1 Å². The lowest BCUT2D eigenvalue weighted by Gasteiger charge is -2.40. The number of carbonyl (C=O) groups excluding carboxylic acids is 1. The van der Waals surface area contributed by atoms with E-state index >= 15 is 0 Å². The second kappa shape index (κ2) is 6.21. The lowest BCUT2D eigenvalue weighted by atomic mass is 9.90. The minimum Gasteiger partial charge on any atom is -0.359 e. The molecule has 2 N–H and O–H groups in total. The van der Waals surface area contributed by atoms with Gasteiger partial charge in [0.1, 0.15) is 0 Å². The highest BCUT2D eigenvalue weighted by Gasteiger charge is 2.28. The third-order valence-electron chi connectivity index (χ3n) is 3.65. The molecule has 0 spiro atoms. The van der Waals surface area contributed by atoms with Crippen LogP contribution in [0.3, 0.4) is 0 Å². The van der Waals surface area contributed by atoms with E-state index in [0.29, 0.717) is 24.4 Å². The first kappa shape index (κ1) is 13.5. The van der Waals surface area contributed by atoms with Gasteiger partial charge in [-0.2, -0.15) is 0 Å². The summed E-state index contributed by atoms with van der Waals surface area (Å²) in [5.41, 5.74) is 0. The molecular weight excluding hydrogens is 202 g/mol. The highest BCUT2D eigenvalue weighted by atomic mass is 16.1. The zero-order valence-corrected chi connectivity index (χ0v) is 10.9. The van der Waals surface area contributed by atoms with Crippen LogP contribution >= 0.6 is 0 Å². The summed E-state index contributed by atoms with van der Waals surface area (Å²) in [5, 5.41) is 6.14. The van der Waals surface area contributed by atoms with Crippen molar-refractivity contribution in [3.8, 4) is 0 Å². The molecule has 1 aliphatic rings. The molecule has 3 atom stereocenters. The van der Waals surface area contributed by atoms with Crippen molar-refractivity contribution in [2.75, 3.05) is 27.2 Å². The topological polar surface area (TPSA) is 44.4 Å². The lowest BCUT2D eigenvalue weighted by molar-refractivity contribution is -0.120. The molecule has 1 aliphatic heterocycles. The van der Waals surface area contributed by atoms with E-state index in [1.807, 2.05) is 0 Å². The highest BCUT2D eigenvalue weighted by Crippen LogP contribution is 2.20. The molecule has 0 bridgehead atoms. The molecule has 0 saturated carbocycles. The predicted molar refractivity (Wildman–Crippen MR) is 66.3 cm³/mol. The van der Waals surface area contributed by atoms with Gasteiger partial charge in [0, 0.05) is 38.6 Å². The van der Waals surface area contributed by atoms with Crippen molar-refractivity contribution in [2.24, 2.45) is 5.92 Å². The molecular formula is C12H25N3O. The SMILES string of the molecule is CNC(=O)CCNC1CC(C)N(C)CC1C. The Morgan fingerprint density at radius 3 is 2.75 bits per heavy atom. The molecule has 0 aliphatic carbocycles. The maximum Gasteiger partial charge on any atom is 0.221 e. The van der Waals surface area contributed by atoms with Gasteiger partial charge in [0.2, 0.25) is 5.91 Å². The number of hydrogen-bond acceptors (Lipinski definition) is 3. The molecule has 1 amide bonds. The minimum atomic E-state index is 0.112. The van der Waals surface area contributed by atoms with Crippen molar-refractivity contribution < 1.29 is 4.79 Å². The molecule has 4 nitrogen and oxygen atoms in total. The van der Waals surface area contributed by atoms with Crippen molar-refractivity contribution in [1.82, 2.24) is 15.5 Å². The number of nitrogens with zero attached hydrogens (tertiary/aromatic N) is 1. The first-order valence-corrected chi connectivity index (χ1v) is 6.18. The van der Waals surface area contributed by atoms with Crippen LogP contribution in [-0.2, 0) is 4.79 Å². The summed E-state index contributed by atoms with van der Waals surface area (Å²) in [6, 6.07) is 1.18. The van der Waals surface area contributed by atoms with Crippen molar-refractivity contribution >= 4 is 5.91 Å². The summed E-state index contributed by atoms with van der Waals surface area (Å²) in [5.74, 6) is 0.770. The highest BCUT2D eigenvalue weighted by molar-refractivity contribution is 5.75. The van der Waals surface area contributed by atoms with Gasteiger partial charge in [-0.15, -0.1) is 0 Å². The van der Waals surface area contributed by atoms with Crippen LogP contribution in [0, 0.1) is 5.92 Å². The van der Waals surface area contributed by atoms with Gasteiger partial charge < -0.3 is 15.5 Å². The Morgan fingerprint density at radius 2 is 2.12 bits per heavy atom. The molecule has 0 aromatic heterocycles. The Hall–Kier alpha value is -0.610. The van der Waals surface area contributed by atoms with E-state index in [1.54, 1.807) is 7.05 Å². The zero-order valence-electron chi connectivity index (χ0n) is 10.9. The fraction of sp³-hybridized carbons (Fsp3) is 0.917. The Morgan fingerprint density at radius 1 is 1.44 bits per heavy atom. The molecule has 1 fully saturated rings. The zero-order chi connectivity index (χ0) is 12.1. The second-order valence-corrected chi connectivity index (χ2v) is 4.99. The summed E-state index contributed by atoms with van der Waals surface area (Å²) in [4.78, 5) is 13.5. The summed E-state index contributed by atoms with van der Waals surface area (Å²) < 4.78 is 0. The van der Waals surface area contributed by atoms with E-state index in [2.05, 4.69) is 36.4 Å². The molecule has 4 heteroatoms. The molecule has 3 unspecified atom stereocenters. The largest absolute Gasteiger partial charge is 0.359 e. The fourth-order valence-electron chi connectivity index (χ4n) is 2.32. The van der Waals surface area contributed by atoms with Gasteiger partial charge in [-0.3, -0.25) is 4.79 Å². The van der Waals surface area contributed by atoms with Crippen molar-refractivity contribution in [3.05, 3.63) is 0 Å². The first-order chi connectivity index (χ1) is 7.54. The predicted octanol–water partition coefficient (Wildman–Crippen LogP) is 0.441. The average Bonchev–Trinajstić information content (AvgIpc) is 2.25. The van der Waals surface area contributed by atoms with E-state index in [-0.39, 0.29) is 5.91 Å². The number of rotatable bonds is 4. The number of piperidine rings is 1. The second-order valence-electron chi connectivity index (χ2n) is 4.99. The summed E-state index contributed by atoms with van der Waals surface area (Å²) in [6.45, 7) is 6.46. The summed E-state index contributed by atoms with van der Waals surface area (Å²) in [7, 11) is 3.87. The van der Waals surface area contributed by atoms with Crippen LogP contribution in [0.5, 0.6) is 0 Å². The maximum atomic E-state index is 11.1. The number of likely N-dealkylation sites (tertiary alicyclic amines) is 1. The van der Waals surface area contributed by atoms with E-state index < -0.39 is 0 Å². The van der Waals surface area contributed by atoms with Gasteiger partial charge in [-0.05, 0) is 26.3 Å². The number of hydrogen-bond donors (Lipinski definition) is 2. The van der Waals surface area contributed by atoms with E-state index in [1.165, 1.54) is 6.42 Å². The van der Waals surface area contributed by atoms with Crippen molar-refractivity contribution in [3.63, 3.8) is 0 Å². The van der Waals surface area contributed by atoms with Crippen LogP contribution in [0.2, 0.25) is 0 Å². The van der Waals surface area contributed by atoms with Crippen LogP contribution < -0.4 is 10.6 Å². The van der Waals surface area contributed by atoms with Crippen molar-refractivity contribution in [2.45, 2.75) is 38.8 Å². The molecule has 0 aromatic carbocycles. The van der Waals surface area contributed by atoms with Gasteiger partial charge in [0.15, 0.2) is 0 Å². The quantitative estimate of drug-likeness (QED) is 0.732. The minimum absolute atomic E-state index is 0.112. The third-order valence-corrected chi connectivity index (χ3v) is 3.65. The van der Waals surface area contributed by atoms with E-state index in [9.17, 15) is 4.79 Å². The van der Waals surface area contributed by atoms with Gasteiger partial charge >= 0.3 is 0 Å². The van der Waals surface area contributed by atoms with E-state index in [4.69, 9.17) is 0 Å². The van der Waals surface area contributed by atoms with Gasteiger partial charge in [0.25, 0.3) is 0 Å². The summed E-state index contributed by atoms with van der Waals surface area (Å²) in [6.07, 6.45) is 1.75. The Balaban J connectivity index is 2.28. The summed E-state index contributed by atoms with van der Waals surface area (Å²) >= 11 is 0. The molecule has 1 rings (SSSR count). The molecule has 1 saturated heterocycles. The number of carbonyl (C=O) groups is 1.